The summed E-state index contributed by atoms with van der Waals surface area (Å²) in [5, 5.41) is 3.23. The number of ether oxygens (including phenoxy) is 2. The summed E-state index contributed by atoms with van der Waals surface area (Å²) in [7, 11) is 1.32. The number of halogens is 1. The van der Waals surface area contributed by atoms with Crippen molar-refractivity contribution in [1.82, 2.24) is 5.32 Å². The van der Waals surface area contributed by atoms with Crippen LogP contribution in [0.2, 0.25) is 0 Å². The Hall–Kier alpha value is -1.62. The van der Waals surface area contributed by atoms with Crippen LogP contribution in [0.1, 0.15) is 38.3 Å². The van der Waals surface area contributed by atoms with E-state index in [0.717, 1.165) is 13.0 Å². The van der Waals surface area contributed by atoms with Gasteiger partial charge in [0.05, 0.1) is 20.1 Å². The highest BCUT2D eigenvalue weighted by atomic mass is 19.1. The summed E-state index contributed by atoms with van der Waals surface area (Å²) >= 11 is 0. The molecular formula is C15H22FNO3. The molecule has 0 aliphatic rings. The van der Waals surface area contributed by atoms with Crippen LogP contribution >= 0.6 is 0 Å². The van der Waals surface area contributed by atoms with Crippen molar-refractivity contribution in [2.24, 2.45) is 0 Å². The van der Waals surface area contributed by atoms with Crippen molar-refractivity contribution in [1.29, 1.82) is 0 Å². The van der Waals surface area contributed by atoms with E-state index in [0.29, 0.717) is 11.3 Å². The molecule has 0 spiro atoms. The molecule has 1 rings (SSSR count). The maximum atomic E-state index is 14.0. The van der Waals surface area contributed by atoms with Gasteiger partial charge in [-0.05, 0) is 26.0 Å². The fourth-order valence-electron chi connectivity index (χ4n) is 1.77. The molecule has 0 amide bonds. The molecule has 1 atom stereocenters. The second-order valence-corrected chi connectivity index (χ2v) is 4.53. The van der Waals surface area contributed by atoms with E-state index in [2.05, 4.69) is 17.0 Å². The lowest BCUT2D eigenvalue weighted by Crippen LogP contribution is -2.20. The molecule has 0 fully saturated rings. The maximum absolute atomic E-state index is 14.0. The molecule has 1 N–H and O–H groups in total. The number of methoxy groups -OCH3 is 1. The molecule has 1 aromatic rings. The van der Waals surface area contributed by atoms with Crippen LogP contribution in [-0.2, 0) is 9.53 Å². The third-order valence-electron chi connectivity index (χ3n) is 2.94. The molecule has 1 unspecified atom stereocenters. The van der Waals surface area contributed by atoms with Gasteiger partial charge in [-0.1, -0.05) is 13.0 Å². The molecule has 112 valence electrons. The van der Waals surface area contributed by atoms with Gasteiger partial charge in [0.15, 0.2) is 0 Å². The summed E-state index contributed by atoms with van der Waals surface area (Å²) in [5.74, 6) is -0.242. The van der Waals surface area contributed by atoms with Gasteiger partial charge in [0, 0.05) is 17.7 Å². The summed E-state index contributed by atoms with van der Waals surface area (Å²) in [6, 6.07) is 4.71. The highest BCUT2D eigenvalue weighted by Gasteiger charge is 2.11. The van der Waals surface area contributed by atoms with E-state index >= 15 is 0 Å². The van der Waals surface area contributed by atoms with Crippen LogP contribution in [0, 0.1) is 5.82 Å². The Labute approximate surface area is 119 Å². The standard InChI is InChI=1S/C15H22FNO3/c1-4-8-17-11(2)13-6-5-12(10-14(13)16)20-9-7-15(18)19-3/h5-6,10-11,17H,4,7-9H2,1-3H3. The van der Waals surface area contributed by atoms with E-state index in [1.165, 1.54) is 13.2 Å². The molecule has 5 heteroatoms. The highest BCUT2D eigenvalue weighted by molar-refractivity contribution is 5.69. The largest absolute Gasteiger partial charge is 0.493 e. The van der Waals surface area contributed by atoms with Crippen molar-refractivity contribution >= 4 is 5.97 Å². The van der Waals surface area contributed by atoms with Crippen LogP contribution in [0.4, 0.5) is 4.39 Å². The third-order valence-corrected chi connectivity index (χ3v) is 2.94. The minimum Gasteiger partial charge on any atom is -0.493 e. The monoisotopic (exact) mass is 283 g/mol. The van der Waals surface area contributed by atoms with Crippen LogP contribution in [0.25, 0.3) is 0 Å². The Bertz CT molecular complexity index is 437. The van der Waals surface area contributed by atoms with Crippen molar-refractivity contribution in [3.05, 3.63) is 29.6 Å². The Kier molecular flexibility index (Phi) is 7.01. The molecular weight excluding hydrogens is 261 g/mol. The Balaban J connectivity index is 2.56. The molecule has 0 radical (unpaired) electrons. The van der Waals surface area contributed by atoms with E-state index in [9.17, 15) is 9.18 Å². The average molecular weight is 283 g/mol. The minimum absolute atomic E-state index is 0.0425. The van der Waals surface area contributed by atoms with Crippen LogP contribution in [0.15, 0.2) is 18.2 Å². The van der Waals surface area contributed by atoms with E-state index in [1.807, 2.05) is 6.92 Å². The van der Waals surface area contributed by atoms with Gasteiger partial charge < -0.3 is 14.8 Å². The first-order valence-corrected chi connectivity index (χ1v) is 6.81. The van der Waals surface area contributed by atoms with Gasteiger partial charge in [-0.2, -0.15) is 0 Å². The first-order valence-electron chi connectivity index (χ1n) is 6.81. The van der Waals surface area contributed by atoms with Gasteiger partial charge >= 0.3 is 5.97 Å². The highest BCUT2D eigenvalue weighted by Crippen LogP contribution is 2.22. The van der Waals surface area contributed by atoms with Crippen molar-refractivity contribution < 1.29 is 18.7 Å². The smallest absolute Gasteiger partial charge is 0.308 e. The molecule has 0 aromatic heterocycles. The van der Waals surface area contributed by atoms with E-state index in [4.69, 9.17) is 4.74 Å². The Morgan fingerprint density at radius 2 is 2.20 bits per heavy atom. The van der Waals surface area contributed by atoms with Gasteiger partial charge in [-0.3, -0.25) is 4.79 Å². The predicted octanol–water partition coefficient (Wildman–Crippen LogP) is 2.83. The molecule has 4 nitrogen and oxygen atoms in total. The lowest BCUT2D eigenvalue weighted by atomic mass is 10.1. The van der Waals surface area contributed by atoms with Gasteiger partial charge in [-0.15, -0.1) is 0 Å². The van der Waals surface area contributed by atoms with Crippen LogP contribution in [0.3, 0.4) is 0 Å². The SMILES string of the molecule is CCCNC(C)c1ccc(OCCC(=O)OC)cc1F. The number of nitrogens with one attached hydrogen (secondary N) is 1. The topological polar surface area (TPSA) is 47.6 Å². The summed E-state index contributed by atoms with van der Waals surface area (Å²) < 4.78 is 23.8. The van der Waals surface area contributed by atoms with Gasteiger partial charge in [-0.25, -0.2) is 4.39 Å². The first-order chi connectivity index (χ1) is 9.58. The number of carbonyl (C=O) groups excluding carboxylic acids is 1. The second kappa shape index (κ2) is 8.53. The number of benzene rings is 1. The summed E-state index contributed by atoms with van der Waals surface area (Å²) in [5.41, 5.74) is 0.610. The van der Waals surface area contributed by atoms with E-state index < -0.39 is 0 Å². The predicted molar refractivity (Wildman–Crippen MR) is 75.2 cm³/mol. The van der Waals surface area contributed by atoms with Gasteiger partial charge in [0.25, 0.3) is 0 Å². The zero-order valence-electron chi connectivity index (χ0n) is 12.2. The average Bonchev–Trinajstić information content (AvgIpc) is 2.44. The number of carbonyl (C=O) groups is 1. The fourth-order valence-corrected chi connectivity index (χ4v) is 1.77. The molecule has 1 aromatic carbocycles. The maximum Gasteiger partial charge on any atom is 0.308 e. The molecule has 0 aliphatic heterocycles. The van der Waals surface area contributed by atoms with Crippen LogP contribution in [-0.4, -0.2) is 26.2 Å². The van der Waals surface area contributed by atoms with E-state index in [1.54, 1.807) is 12.1 Å². The second-order valence-electron chi connectivity index (χ2n) is 4.53. The zero-order chi connectivity index (χ0) is 15.0. The zero-order valence-corrected chi connectivity index (χ0v) is 12.2. The molecule has 0 heterocycles. The first kappa shape index (κ1) is 16.4. The quantitative estimate of drug-likeness (QED) is 0.745. The van der Waals surface area contributed by atoms with Gasteiger partial charge in [0.2, 0.25) is 0 Å². The Morgan fingerprint density at radius 3 is 2.80 bits per heavy atom. The number of hydrogen-bond acceptors (Lipinski definition) is 4. The Morgan fingerprint density at radius 1 is 1.45 bits per heavy atom. The number of rotatable bonds is 8. The molecule has 0 aliphatic carbocycles. The summed E-state index contributed by atoms with van der Waals surface area (Å²) in [6.07, 6.45) is 1.15. The normalized spacial score (nSPS) is 12.0. The van der Waals surface area contributed by atoms with Crippen molar-refractivity contribution in [2.75, 3.05) is 20.3 Å². The lowest BCUT2D eigenvalue weighted by Gasteiger charge is -2.15. The number of esters is 1. The van der Waals surface area contributed by atoms with Crippen LogP contribution < -0.4 is 10.1 Å². The number of hydrogen-bond donors (Lipinski definition) is 1. The third kappa shape index (κ3) is 5.17. The van der Waals surface area contributed by atoms with E-state index in [-0.39, 0.29) is 30.9 Å². The van der Waals surface area contributed by atoms with Crippen molar-refractivity contribution in [3.63, 3.8) is 0 Å². The van der Waals surface area contributed by atoms with Crippen molar-refractivity contribution in [2.45, 2.75) is 32.7 Å². The molecule has 0 saturated carbocycles. The summed E-state index contributed by atoms with van der Waals surface area (Å²) in [4.78, 5) is 10.9. The van der Waals surface area contributed by atoms with Gasteiger partial charge in [0.1, 0.15) is 11.6 Å². The minimum atomic E-state index is -0.348. The van der Waals surface area contributed by atoms with Crippen molar-refractivity contribution in [3.8, 4) is 5.75 Å². The molecule has 0 saturated heterocycles. The molecule has 0 bridgehead atoms. The van der Waals surface area contributed by atoms with Crippen LogP contribution in [0.5, 0.6) is 5.75 Å². The fraction of sp³-hybridized carbons (Fsp3) is 0.533. The summed E-state index contributed by atoms with van der Waals surface area (Å²) in [6.45, 7) is 5.01. The molecule has 20 heavy (non-hydrogen) atoms. The lowest BCUT2D eigenvalue weighted by molar-refractivity contribution is -0.141.